The average molecular weight is 412 g/mol. The smallest absolute Gasteiger partial charge is 0.455 e. The van der Waals surface area contributed by atoms with Gasteiger partial charge in [-0.2, -0.15) is 5.10 Å². The van der Waals surface area contributed by atoms with E-state index in [-0.39, 0.29) is 12.2 Å². The Morgan fingerprint density at radius 1 is 1.20 bits per heavy atom. The van der Waals surface area contributed by atoms with Gasteiger partial charge in [0.15, 0.2) is 5.76 Å². The summed E-state index contributed by atoms with van der Waals surface area (Å²) >= 11 is 0. The van der Waals surface area contributed by atoms with Crippen LogP contribution >= 0.6 is 0 Å². The van der Waals surface area contributed by atoms with Crippen LogP contribution in [0.15, 0.2) is 29.3 Å². The van der Waals surface area contributed by atoms with Gasteiger partial charge in [0, 0.05) is 23.9 Å². The number of rotatable bonds is 5. The maximum Gasteiger partial charge on any atom is 0.510 e. The van der Waals surface area contributed by atoms with E-state index < -0.39 is 6.16 Å². The van der Waals surface area contributed by atoms with Gasteiger partial charge >= 0.3 is 6.16 Å². The lowest BCUT2D eigenvalue weighted by Gasteiger charge is -2.20. The molecule has 0 aliphatic carbocycles. The fourth-order valence-electron chi connectivity index (χ4n) is 3.41. The second-order valence-corrected chi connectivity index (χ2v) is 8.13. The molecule has 0 unspecified atom stereocenters. The minimum atomic E-state index is -0.794. The molecule has 0 amide bonds. The van der Waals surface area contributed by atoms with Crippen molar-refractivity contribution in [3.8, 4) is 0 Å². The minimum absolute atomic E-state index is 0.0628. The number of methoxy groups -OCH3 is 1. The summed E-state index contributed by atoms with van der Waals surface area (Å²) in [6.45, 7) is 11.4. The largest absolute Gasteiger partial charge is 0.510 e. The number of carbonyl (C=O) groups excluding carboxylic acids is 1. The molecule has 160 valence electrons. The van der Waals surface area contributed by atoms with Crippen LogP contribution in [0.5, 0.6) is 0 Å². The minimum Gasteiger partial charge on any atom is -0.455 e. The Morgan fingerprint density at radius 3 is 2.50 bits per heavy atom. The molecule has 1 aromatic carbocycles. The van der Waals surface area contributed by atoms with E-state index in [9.17, 15) is 4.79 Å². The lowest BCUT2D eigenvalue weighted by Crippen LogP contribution is -2.12. The zero-order chi connectivity index (χ0) is 21.9. The number of benzene rings is 1. The summed E-state index contributed by atoms with van der Waals surface area (Å²) in [5, 5.41) is 4.62. The highest BCUT2D eigenvalue weighted by atomic mass is 16.8. The van der Waals surface area contributed by atoms with Gasteiger partial charge in [-0.25, -0.2) is 4.79 Å². The molecule has 0 saturated carbocycles. The number of ether oxygens (including phenoxy) is 3. The maximum atomic E-state index is 11.4. The summed E-state index contributed by atoms with van der Waals surface area (Å²) in [6.07, 6.45) is 1.04. The first kappa shape index (κ1) is 21.6. The van der Waals surface area contributed by atoms with E-state index >= 15 is 0 Å². The fourth-order valence-corrected chi connectivity index (χ4v) is 3.41. The molecule has 0 atom stereocenters. The van der Waals surface area contributed by atoms with Gasteiger partial charge in [-0.15, -0.1) is 0 Å². The molecule has 30 heavy (non-hydrogen) atoms. The quantitative estimate of drug-likeness (QED) is 0.532. The van der Waals surface area contributed by atoms with Gasteiger partial charge in [0.05, 0.1) is 19.3 Å². The summed E-state index contributed by atoms with van der Waals surface area (Å²) in [5.41, 5.74) is 5.83. The van der Waals surface area contributed by atoms with E-state index in [1.54, 1.807) is 0 Å². The number of hydrogen-bond donors (Lipinski definition) is 0. The van der Waals surface area contributed by atoms with Crippen LogP contribution in [-0.4, -0.2) is 42.6 Å². The number of fused-ring (bicyclic) bond motifs is 1. The van der Waals surface area contributed by atoms with Crippen LogP contribution in [0.1, 0.15) is 55.8 Å². The highest BCUT2D eigenvalue weighted by molar-refractivity contribution is 5.98. The predicted molar refractivity (Wildman–Crippen MR) is 116 cm³/mol. The second kappa shape index (κ2) is 8.73. The van der Waals surface area contributed by atoms with Crippen molar-refractivity contribution in [3.63, 3.8) is 0 Å². The molecule has 1 aliphatic heterocycles. The molecule has 0 radical (unpaired) electrons. The zero-order valence-electron chi connectivity index (χ0n) is 18.5. The van der Waals surface area contributed by atoms with E-state index in [2.05, 4.69) is 59.9 Å². The van der Waals surface area contributed by atoms with Gasteiger partial charge in [0.1, 0.15) is 5.69 Å². The Hall–Kier alpha value is -3.09. The predicted octanol–water partition coefficient (Wildman–Crippen LogP) is 4.57. The van der Waals surface area contributed by atoms with Crippen molar-refractivity contribution in [3.05, 3.63) is 52.3 Å². The van der Waals surface area contributed by atoms with E-state index in [1.165, 1.54) is 12.7 Å². The Balaban J connectivity index is 2.10. The van der Waals surface area contributed by atoms with Gasteiger partial charge in [-0.05, 0) is 30.4 Å². The summed E-state index contributed by atoms with van der Waals surface area (Å²) in [5.74, 6) is 0.609. The van der Waals surface area contributed by atoms with Crippen LogP contribution in [0.3, 0.4) is 0 Å². The number of aliphatic imine (C=N–C) groups is 1. The molecule has 7 nitrogen and oxygen atoms in total. The number of hydrogen-bond acceptors (Lipinski definition) is 6. The molecule has 2 aromatic rings. The Bertz CT molecular complexity index is 979. The first-order valence-corrected chi connectivity index (χ1v) is 10.0. The topological polar surface area (TPSA) is 74.9 Å². The average Bonchev–Trinajstić information content (AvgIpc) is 2.91. The molecule has 0 N–H and O–H groups in total. The summed E-state index contributed by atoms with van der Waals surface area (Å²) in [6, 6.07) is 8.42. The third-order valence-corrected chi connectivity index (χ3v) is 5.08. The van der Waals surface area contributed by atoms with Crippen LogP contribution < -0.4 is 0 Å². The molecule has 0 fully saturated rings. The molecule has 7 heteroatoms. The summed E-state index contributed by atoms with van der Waals surface area (Å²) in [4.78, 5) is 16.0. The normalized spacial score (nSPS) is 13.7. The molecule has 3 rings (SSSR count). The zero-order valence-corrected chi connectivity index (χ0v) is 18.5. The van der Waals surface area contributed by atoms with Crippen molar-refractivity contribution in [1.82, 2.24) is 9.78 Å². The van der Waals surface area contributed by atoms with Crippen molar-refractivity contribution in [2.24, 2.45) is 4.99 Å². The van der Waals surface area contributed by atoms with E-state index in [4.69, 9.17) is 9.47 Å². The van der Waals surface area contributed by atoms with E-state index in [1.807, 2.05) is 24.7 Å². The maximum absolute atomic E-state index is 11.4. The van der Waals surface area contributed by atoms with Gasteiger partial charge in [0.2, 0.25) is 6.79 Å². The van der Waals surface area contributed by atoms with Crippen LogP contribution in [0.2, 0.25) is 0 Å². The molecule has 1 aliphatic rings. The van der Waals surface area contributed by atoms with Crippen molar-refractivity contribution < 1.29 is 19.0 Å². The Labute approximate surface area is 177 Å². The van der Waals surface area contributed by atoms with Crippen molar-refractivity contribution >= 4 is 23.7 Å². The summed E-state index contributed by atoms with van der Waals surface area (Å²) in [7, 11) is 1.26. The van der Waals surface area contributed by atoms with Gasteiger partial charge in [0.25, 0.3) is 0 Å². The van der Waals surface area contributed by atoms with Crippen molar-refractivity contribution in [2.45, 2.75) is 46.6 Å². The number of carbonyl (C=O) groups is 1. The van der Waals surface area contributed by atoms with Crippen LogP contribution in [0, 0.1) is 6.92 Å². The molecular formula is C23H29N3O4. The summed E-state index contributed by atoms with van der Waals surface area (Å²) < 4.78 is 17.4. The third-order valence-electron chi connectivity index (χ3n) is 5.08. The third kappa shape index (κ3) is 4.40. The Morgan fingerprint density at radius 2 is 1.90 bits per heavy atom. The molecule has 0 saturated heterocycles. The highest BCUT2D eigenvalue weighted by Crippen LogP contribution is 2.34. The van der Waals surface area contributed by atoms with E-state index in [0.717, 1.165) is 28.1 Å². The molecule has 0 spiro atoms. The van der Waals surface area contributed by atoms with Crippen LogP contribution in [0.25, 0.3) is 11.3 Å². The monoisotopic (exact) mass is 411 g/mol. The number of aryl methyl sites for hydroxylation is 2. The number of aromatic nitrogens is 2. The standard InChI is InChI=1S/C23H29N3O4/c1-7-26-20-18(15(2)25-26)12-24-13-19(21(20)29-14-30-22(27)28-6)16-8-10-17(11-9-16)23(3,4)5/h8-12H,7,13-14H2,1-6H3. The fraction of sp³-hybridized carbons (Fsp3) is 0.435. The SMILES string of the molecule is CCn1nc(C)c2c1C(OCOC(=O)OC)=C(c1ccc(C(C)(C)C)cc1)CN=C2. The second-order valence-electron chi connectivity index (χ2n) is 8.13. The highest BCUT2D eigenvalue weighted by Gasteiger charge is 2.25. The van der Waals surface area contributed by atoms with Crippen molar-refractivity contribution in [2.75, 3.05) is 20.4 Å². The van der Waals surface area contributed by atoms with Crippen LogP contribution in [0.4, 0.5) is 4.79 Å². The van der Waals surface area contributed by atoms with Gasteiger partial charge < -0.3 is 14.2 Å². The van der Waals surface area contributed by atoms with Gasteiger partial charge in [-0.3, -0.25) is 9.67 Å². The van der Waals surface area contributed by atoms with Gasteiger partial charge in [-0.1, -0.05) is 45.0 Å². The Kier molecular flexibility index (Phi) is 6.29. The molecular weight excluding hydrogens is 382 g/mol. The lowest BCUT2D eigenvalue weighted by molar-refractivity contribution is 0.00340. The van der Waals surface area contributed by atoms with Crippen LogP contribution in [-0.2, 0) is 26.2 Å². The first-order valence-electron chi connectivity index (χ1n) is 10.0. The first-order chi connectivity index (χ1) is 14.3. The van der Waals surface area contributed by atoms with E-state index in [0.29, 0.717) is 18.8 Å². The number of nitrogens with zero attached hydrogens (tertiary/aromatic N) is 3. The molecule has 2 heterocycles. The molecule has 0 bridgehead atoms. The molecule has 1 aromatic heterocycles. The van der Waals surface area contributed by atoms with Crippen molar-refractivity contribution in [1.29, 1.82) is 0 Å². The lowest BCUT2D eigenvalue weighted by atomic mass is 9.86.